The molecule has 2 heterocycles. The van der Waals surface area contributed by atoms with Gasteiger partial charge in [-0.25, -0.2) is 14.6 Å². The van der Waals surface area contributed by atoms with Crippen LogP contribution in [0.2, 0.25) is 0 Å². The fraction of sp³-hybridized carbons (Fsp3) is 0.333. The van der Waals surface area contributed by atoms with E-state index in [-0.39, 0.29) is 31.0 Å². The zero-order valence-electron chi connectivity index (χ0n) is 23.6. The van der Waals surface area contributed by atoms with Gasteiger partial charge in [0.05, 0.1) is 48.8 Å². The molecule has 41 heavy (non-hydrogen) atoms. The van der Waals surface area contributed by atoms with Crippen LogP contribution >= 0.6 is 11.3 Å². The number of ether oxygens (including phenoxy) is 5. The molecule has 0 saturated heterocycles. The van der Waals surface area contributed by atoms with Crippen LogP contribution in [-0.4, -0.2) is 50.0 Å². The molecule has 0 bridgehead atoms. The normalized spacial score (nSPS) is 14.7. The smallest absolute Gasteiger partial charge is 0.344 e. The third-order valence-corrected chi connectivity index (χ3v) is 7.16. The summed E-state index contributed by atoms with van der Waals surface area (Å²) in [6.45, 7) is 7.66. The number of nitrogens with zero attached hydrogens (tertiary/aromatic N) is 2. The summed E-state index contributed by atoms with van der Waals surface area (Å²) in [5.41, 5.74) is 1.64. The molecule has 1 aliphatic heterocycles. The Morgan fingerprint density at radius 3 is 2.39 bits per heavy atom. The van der Waals surface area contributed by atoms with Crippen molar-refractivity contribution >= 4 is 29.4 Å². The van der Waals surface area contributed by atoms with Crippen molar-refractivity contribution in [2.75, 3.05) is 33.5 Å². The first kappa shape index (κ1) is 29.6. The number of fused-ring (bicyclic) bond motifs is 1. The van der Waals surface area contributed by atoms with E-state index < -0.39 is 18.0 Å². The van der Waals surface area contributed by atoms with Crippen molar-refractivity contribution in [3.05, 3.63) is 84.5 Å². The zero-order chi connectivity index (χ0) is 29.5. The first-order chi connectivity index (χ1) is 19.8. The van der Waals surface area contributed by atoms with Crippen LogP contribution in [0.15, 0.2) is 63.5 Å². The van der Waals surface area contributed by atoms with E-state index in [1.165, 1.54) is 23.0 Å². The Labute approximate surface area is 241 Å². The molecule has 0 spiro atoms. The van der Waals surface area contributed by atoms with Crippen LogP contribution in [0.5, 0.6) is 17.2 Å². The number of rotatable bonds is 11. The largest absolute Gasteiger partial charge is 0.494 e. The number of hydrogen-bond donors (Lipinski definition) is 0. The van der Waals surface area contributed by atoms with Gasteiger partial charge >= 0.3 is 11.9 Å². The number of allylic oxidation sites excluding steroid dienone is 1. The summed E-state index contributed by atoms with van der Waals surface area (Å²) < 4.78 is 29.0. The monoisotopic (exact) mass is 580 g/mol. The molecule has 1 atom stereocenters. The Balaban J connectivity index is 1.87. The van der Waals surface area contributed by atoms with Crippen molar-refractivity contribution in [2.45, 2.75) is 33.7 Å². The third-order valence-electron chi connectivity index (χ3n) is 6.18. The van der Waals surface area contributed by atoms with Crippen LogP contribution in [0.25, 0.3) is 6.08 Å². The average Bonchev–Trinajstić information content (AvgIpc) is 3.26. The lowest BCUT2D eigenvalue weighted by Crippen LogP contribution is -2.39. The Morgan fingerprint density at radius 1 is 1.00 bits per heavy atom. The van der Waals surface area contributed by atoms with Crippen molar-refractivity contribution in [3.8, 4) is 17.2 Å². The Hall–Kier alpha value is -4.38. The van der Waals surface area contributed by atoms with E-state index in [0.29, 0.717) is 50.0 Å². The molecular weight excluding hydrogens is 548 g/mol. The molecule has 0 unspecified atom stereocenters. The Bertz CT molecular complexity index is 1640. The minimum Gasteiger partial charge on any atom is -0.494 e. The van der Waals surface area contributed by atoms with Gasteiger partial charge < -0.3 is 23.7 Å². The van der Waals surface area contributed by atoms with Gasteiger partial charge in [0.25, 0.3) is 5.56 Å². The predicted molar refractivity (Wildman–Crippen MR) is 153 cm³/mol. The molecule has 0 N–H and O–H groups in total. The highest BCUT2D eigenvalue weighted by molar-refractivity contribution is 7.07. The van der Waals surface area contributed by atoms with Crippen molar-refractivity contribution < 1.29 is 33.3 Å². The van der Waals surface area contributed by atoms with Gasteiger partial charge in [-0.1, -0.05) is 35.6 Å². The molecule has 4 rings (SSSR count). The number of aromatic nitrogens is 1. The molecule has 0 saturated carbocycles. The van der Waals surface area contributed by atoms with Gasteiger partial charge in [-0.05, 0) is 57.5 Å². The highest BCUT2D eigenvalue weighted by atomic mass is 32.1. The molecule has 11 heteroatoms. The predicted octanol–water partition coefficient (Wildman–Crippen LogP) is 3.15. The molecule has 3 aromatic rings. The molecule has 2 aromatic carbocycles. The second-order valence-electron chi connectivity index (χ2n) is 8.78. The van der Waals surface area contributed by atoms with Crippen LogP contribution in [0.3, 0.4) is 0 Å². The maximum absolute atomic E-state index is 14.0. The first-order valence-electron chi connectivity index (χ1n) is 13.2. The van der Waals surface area contributed by atoms with E-state index in [0.717, 1.165) is 0 Å². The van der Waals surface area contributed by atoms with Gasteiger partial charge in [0, 0.05) is 5.56 Å². The van der Waals surface area contributed by atoms with Gasteiger partial charge in [0.2, 0.25) is 0 Å². The van der Waals surface area contributed by atoms with Crippen LogP contribution < -0.4 is 29.1 Å². The van der Waals surface area contributed by atoms with Crippen molar-refractivity contribution in [3.63, 3.8) is 0 Å². The van der Waals surface area contributed by atoms with E-state index in [2.05, 4.69) is 4.99 Å². The molecule has 0 fully saturated rings. The minimum atomic E-state index is -0.757. The summed E-state index contributed by atoms with van der Waals surface area (Å²) >= 11 is 1.18. The number of carbonyl (C=O) groups excluding carboxylic acids is 2. The number of hydrogen-bond acceptors (Lipinski definition) is 10. The maximum Gasteiger partial charge on any atom is 0.344 e. The van der Waals surface area contributed by atoms with E-state index in [1.807, 2.05) is 19.1 Å². The fourth-order valence-electron chi connectivity index (χ4n) is 4.46. The second-order valence-corrected chi connectivity index (χ2v) is 9.79. The standard InChI is InChI=1S/C30H32N2O8S/c1-6-37-21-14-12-19(13-15-21)26-25(29(35)39-8-3)18(4)31-30-32(26)28(34)23(41-30)16-20-10-9-11-22(36-5)27(20)40-17-24(33)38-7-2/h9-16,26H,6-8,17H2,1-5H3/b23-16-/t26-/m1/s1. The summed E-state index contributed by atoms with van der Waals surface area (Å²) in [5, 5.41) is 0. The second kappa shape index (κ2) is 13.3. The van der Waals surface area contributed by atoms with E-state index in [1.54, 1.807) is 57.2 Å². The molecule has 10 nitrogen and oxygen atoms in total. The summed E-state index contributed by atoms with van der Waals surface area (Å²) in [5.74, 6) is 0.296. The summed E-state index contributed by atoms with van der Waals surface area (Å²) in [6.07, 6.45) is 1.66. The van der Waals surface area contributed by atoms with Crippen LogP contribution in [-0.2, 0) is 19.1 Å². The number of benzene rings is 2. The Kier molecular flexibility index (Phi) is 9.61. The molecule has 0 aliphatic carbocycles. The van der Waals surface area contributed by atoms with Crippen LogP contribution in [0, 0.1) is 0 Å². The lowest BCUT2D eigenvalue weighted by atomic mass is 9.96. The van der Waals surface area contributed by atoms with E-state index >= 15 is 0 Å². The number of methoxy groups -OCH3 is 1. The molecule has 1 aliphatic rings. The number of esters is 2. The molecule has 0 radical (unpaired) electrons. The van der Waals surface area contributed by atoms with Crippen molar-refractivity contribution in [1.82, 2.24) is 4.57 Å². The molecular formula is C30H32N2O8S. The van der Waals surface area contributed by atoms with Crippen molar-refractivity contribution in [1.29, 1.82) is 0 Å². The topological polar surface area (TPSA) is 115 Å². The van der Waals surface area contributed by atoms with Gasteiger partial charge in [-0.15, -0.1) is 0 Å². The highest BCUT2D eigenvalue weighted by Crippen LogP contribution is 2.33. The number of thiazole rings is 1. The molecule has 1 aromatic heterocycles. The minimum absolute atomic E-state index is 0.181. The van der Waals surface area contributed by atoms with Crippen molar-refractivity contribution in [2.24, 2.45) is 4.99 Å². The highest BCUT2D eigenvalue weighted by Gasteiger charge is 2.33. The number of para-hydroxylation sites is 1. The van der Waals surface area contributed by atoms with E-state index in [9.17, 15) is 14.4 Å². The van der Waals surface area contributed by atoms with Gasteiger partial charge in [0.15, 0.2) is 22.9 Å². The lowest BCUT2D eigenvalue weighted by molar-refractivity contribution is -0.145. The van der Waals surface area contributed by atoms with Gasteiger partial charge in [-0.2, -0.15) is 0 Å². The van der Waals surface area contributed by atoms with Crippen LogP contribution in [0.1, 0.15) is 44.9 Å². The summed E-state index contributed by atoms with van der Waals surface area (Å²) in [4.78, 5) is 44.1. The quantitative estimate of drug-likeness (QED) is 0.318. The van der Waals surface area contributed by atoms with Gasteiger partial charge in [0.1, 0.15) is 5.75 Å². The molecule has 216 valence electrons. The number of carbonyl (C=O) groups is 2. The van der Waals surface area contributed by atoms with E-state index in [4.69, 9.17) is 23.7 Å². The lowest BCUT2D eigenvalue weighted by Gasteiger charge is -2.24. The first-order valence-corrected chi connectivity index (χ1v) is 14.0. The summed E-state index contributed by atoms with van der Waals surface area (Å²) in [7, 11) is 1.49. The average molecular weight is 581 g/mol. The fourth-order valence-corrected chi connectivity index (χ4v) is 5.49. The third kappa shape index (κ3) is 6.35. The maximum atomic E-state index is 14.0. The molecule has 0 amide bonds. The van der Waals surface area contributed by atoms with Crippen LogP contribution in [0.4, 0.5) is 0 Å². The summed E-state index contributed by atoms with van der Waals surface area (Å²) in [6, 6.07) is 11.7. The SMILES string of the molecule is CCOC(=O)COc1c(/C=c2\sc3n(c2=O)[C@H](c2ccc(OCC)cc2)C(C(=O)OCC)=C(C)N=3)cccc1OC. The Morgan fingerprint density at radius 2 is 1.73 bits per heavy atom. The zero-order valence-corrected chi connectivity index (χ0v) is 24.4. The van der Waals surface area contributed by atoms with Gasteiger partial charge in [-0.3, -0.25) is 9.36 Å².